The average molecular weight is 213 g/mol. The van der Waals surface area contributed by atoms with Gasteiger partial charge < -0.3 is 11.1 Å². The van der Waals surface area contributed by atoms with Crippen LogP contribution in [0.3, 0.4) is 0 Å². The molecule has 0 radical (unpaired) electrons. The highest BCUT2D eigenvalue weighted by molar-refractivity contribution is 5.44. The molecule has 16 heavy (non-hydrogen) atoms. The van der Waals surface area contributed by atoms with Gasteiger partial charge in [-0.2, -0.15) is 0 Å². The van der Waals surface area contributed by atoms with Gasteiger partial charge in [0.25, 0.3) is 0 Å². The molecule has 1 aromatic carbocycles. The number of rotatable bonds is 3. The van der Waals surface area contributed by atoms with Crippen molar-refractivity contribution >= 4 is 11.5 Å². The second-order valence-corrected chi connectivity index (χ2v) is 3.77. The molecule has 0 spiro atoms. The fourth-order valence-corrected chi connectivity index (χ4v) is 1.46. The van der Waals surface area contributed by atoms with Crippen LogP contribution in [0.4, 0.5) is 11.5 Å². The zero-order valence-corrected chi connectivity index (χ0v) is 9.27. The molecule has 0 unspecified atom stereocenters. The number of nitrogens with one attached hydrogen (secondary N) is 1. The van der Waals surface area contributed by atoms with E-state index in [0.717, 1.165) is 11.4 Å². The Morgan fingerprint density at radius 2 is 1.88 bits per heavy atom. The van der Waals surface area contributed by atoms with E-state index in [1.165, 1.54) is 5.56 Å². The smallest absolute Gasteiger partial charge is 0.123 e. The minimum absolute atomic E-state index is 0.559. The molecular formula is C13H15N3. The molecule has 1 aromatic heterocycles. The van der Waals surface area contributed by atoms with Gasteiger partial charge in [-0.05, 0) is 31.2 Å². The molecule has 0 fully saturated rings. The number of pyridine rings is 1. The molecule has 0 bridgehead atoms. The van der Waals surface area contributed by atoms with Gasteiger partial charge in [-0.3, -0.25) is 0 Å². The summed E-state index contributed by atoms with van der Waals surface area (Å²) in [4.78, 5) is 4.22. The maximum atomic E-state index is 5.61. The van der Waals surface area contributed by atoms with E-state index in [0.29, 0.717) is 12.4 Å². The van der Waals surface area contributed by atoms with Gasteiger partial charge >= 0.3 is 0 Å². The predicted molar refractivity (Wildman–Crippen MR) is 67.2 cm³/mol. The third kappa shape index (κ3) is 2.73. The van der Waals surface area contributed by atoms with Gasteiger partial charge in [0, 0.05) is 5.69 Å². The molecule has 0 saturated heterocycles. The van der Waals surface area contributed by atoms with Crippen LogP contribution in [-0.2, 0) is 6.54 Å². The topological polar surface area (TPSA) is 50.9 Å². The molecular weight excluding hydrogens is 198 g/mol. The summed E-state index contributed by atoms with van der Waals surface area (Å²) in [5, 5.41) is 3.30. The lowest BCUT2D eigenvalue weighted by Crippen LogP contribution is -2.02. The van der Waals surface area contributed by atoms with Crippen LogP contribution in [0.15, 0.2) is 42.5 Å². The third-order valence-electron chi connectivity index (χ3n) is 2.35. The molecule has 0 atom stereocenters. The summed E-state index contributed by atoms with van der Waals surface area (Å²) in [6, 6.07) is 13.9. The lowest BCUT2D eigenvalue weighted by molar-refractivity contribution is 1.05. The Kier molecular flexibility index (Phi) is 3.05. The van der Waals surface area contributed by atoms with Crippen molar-refractivity contribution in [1.82, 2.24) is 4.98 Å². The highest BCUT2D eigenvalue weighted by Gasteiger charge is 1.95. The Morgan fingerprint density at radius 1 is 1.12 bits per heavy atom. The normalized spacial score (nSPS) is 10.1. The van der Waals surface area contributed by atoms with Crippen LogP contribution in [0.2, 0.25) is 0 Å². The zero-order chi connectivity index (χ0) is 11.4. The van der Waals surface area contributed by atoms with Crippen molar-refractivity contribution in [3.8, 4) is 0 Å². The van der Waals surface area contributed by atoms with Gasteiger partial charge in [-0.1, -0.05) is 23.8 Å². The molecule has 82 valence electrons. The summed E-state index contributed by atoms with van der Waals surface area (Å²) in [5.74, 6) is 0.559. The Balaban J connectivity index is 1.99. The van der Waals surface area contributed by atoms with Gasteiger partial charge in [0.15, 0.2) is 0 Å². The first-order valence-corrected chi connectivity index (χ1v) is 5.26. The molecule has 0 aliphatic carbocycles. The quantitative estimate of drug-likeness (QED) is 0.824. The van der Waals surface area contributed by atoms with E-state index < -0.39 is 0 Å². The number of anilines is 2. The van der Waals surface area contributed by atoms with Crippen LogP contribution in [-0.4, -0.2) is 4.98 Å². The minimum atomic E-state index is 0.559. The second-order valence-electron chi connectivity index (χ2n) is 3.77. The zero-order valence-electron chi connectivity index (χ0n) is 9.27. The maximum absolute atomic E-state index is 5.61. The first-order valence-electron chi connectivity index (χ1n) is 5.26. The van der Waals surface area contributed by atoms with Gasteiger partial charge in [-0.25, -0.2) is 4.98 Å². The summed E-state index contributed by atoms with van der Waals surface area (Å²) >= 11 is 0. The number of nitrogen functional groups attached to an aromatic ring is 1. The van der Waals surface area contributed by atoms with Gasteiger partial charge in [0.2, 0.25) is 0 Å². The summed E-state index contributed by atoms with van der Waals surface area (Å²) < 4.78 is 0. The van der Waals surface area contributed by atoms with Crippen molar-refractivity contribution in [2.24, 2.45) is 0 Å². The van der Waals surface area contributed by atoms with Gasteiger partial charge in [0.05, 0.1) is 12.2 Å². The Bertz CT molecular complexity index is 463. The highest BCUT2D eigenvalue weighted by atomic mass is 14.9. The summed E-state index contributed by atoms with van der Waals surface area (Å²) in [7, 11) is 0. The van der Waals surface area contributed by atoms with Crippen molar-refractivity contribution in [2.45, 2.75) is 13.5 Å². The third-order valence-corrected chi connectivity index (χ3v) is 2.35. The molecule has 0 aliphatic rings. The van der Waals surface area contributed by atoms with Crippen LogP contribution >= 0.6 is 0 Å². The average Bonchev–Trinajstić information content (AvgIpc) is 2.28. The summed E-state index contributed by atoms with van der Waals surface area (Å²) in [6.45, 7) is 2.76. The lowest BCUT2D eigenvalue weighted by Gasteiger charge is -2.06. The minimum Gasteiger partial charge on any atom is -0.384 e. The molecule has 0 saturated carbocycles. The van der Waals surface area contributed by atoms with Crippen molar-refractivity contribution in [1.29, 1.82) is 0 Å². The van der Waals surface area contributed by atoms with Crippen LogP contribution in [0.5, 0.6) is 0 Å². The first-order chi connectivity index (χ1) is 7.74. The van der Waals surface area contributed by atoms with E-state index in [1.807, 2.05) is 12.1 Å². The van der Waals surface area contributed by atoms with E-state index >= 15 is 0 Å². The van der Waals surface area contributed by atoms with Crippen molar-refractivity contribution in [2.75, 3.05) is 11.1 Å². The molecule has 3 N–H and O–H groups in total. The number of nitrogens with zero attached hydrogens (tertiary/aromatic N) is 1. The predicted octanol–water partition coefficient (Wildman–Crippen LogP) is 2.58. The molecule has 0 amide bonds. The summed E-state index contributed by atoms with van der Waals surface area (Å²) in [5.41, 5.74) is 8.90. The SMILES string of the molecule is Cc1ccc(NCc2cccc(N)n2)cc1. The van der Waals surface area contributed by atoms with Gasteiger partial charge in [-0.15, -0.1) is 0 Å². The molecule has 2 rings (SSSR count). The molecule has 3 heteroatoms. The van der Waals surface area contributed by atoms with E-state index in [9.17, 15) is 0 Å². The highest BCUT2D eigenvalue weighted by Crippen LogP contribution is 2.10. The standard InChI is InChI=1S/C13H15N3/c1-10-5-7-11(8-6-10)15-9-12-3-2-4-13(14)16-12/h2-8,15H,9H2,1H3,(H2,14,16). The van der Waals surface area contributed by atoms with Gasteiger partial charge in [0.1, 0.15) is 5.82 Å². The number of nitrogens with two attached hydrogens (primary N) is 1. The number of hydrogen-bond donors (Lipinski definition) is 2. The first kappa shape index (κ1) is 10.5. The Morgan fingerprint density at radius 3 is 2.56 bits per heavy atom. The van der Waals surface area contributed by atoms with Crippen molar-refractivity contribution in [3.05, 3.63) is 53.7 Å². The molecule has 2 aromatic rings. The van der Waals surface area contributed by atoms with E-state index in [-0.39, 0.29) is 0 Å². The van der Waals surface area contributed by atoms with Crippen LogP contribution in [0.25, 0.3) is 0 Å². The monoisotopic (exact) mass is 213 g/mol. The Hall–Kier alpha value is -2.03. The van der Waals surface area contributed by atoms with E-state index in [1.54, 1.807) is 6.07 Å². The van der Waals surface area contributed by atoms with Crippen molar-refractivity contribution in [3.63, 3.8) is 0 Å². The molecule has 3 nitrogen and oxygen atoms in total. The van der Waals surface area contributed by atoms with Crippen LogP contribution in [0, 0.1) is 6.92 Å². The Labute approximate surface area is 95.3 Å². The van der Waals surface area contributed by atoms with Crippen LogP contribution < -0.4 is 11.1 Å². The number of aromatic nitrogens is 1. The number of hydrogen-bond acceptors (Lipinski definition) is 3. The van der Waals surface area contributed by atoms with E-state index in [2.05, 4.69) is 41.5 Å². The molecule has 0 aliphatic heterocycles. The van der Waals surface area contributed by atoms with E-state index in [4.69, 9.17) is 5.73 Å². The fourth-order valence-electron chi connectivity index (χ4n) is 1.46. The number of benzene rings is 1. The molecule has 1 heterocycles. The fraction of sp³-hybridized carbons (Fsp3) is 0.154. The van der Waals surface area contributed by atoms with Crippen LogP contribution in [0.1, 0.15) is 11.3 Å². The lowest BCUT2D eigenvalue weighted by atomic mass is 10.2. The largest absolute Gasteiger partial charge is 0.384 e. The second kappa shape index (κ2) is 4.66. The van der Waals surface area contributed by atoms with Crippen molar-refractivity contribution < 1.29 is 0 Å². The summed E-state index contributed by atoms with van der Waals surface area (Å²) in [6.07, 6.45) is 0. The number of aryl methyl sites for hydroxylation is 1. The maximum Gasteiger partial charge on any atom is 0.123 e.